The van der Waals surface area contributed by atoms with E-state index in [9.17, 15) is 22.8 Å². The van der Waals surface area contributed by atoms with Crippen LogP contribution in [0.25, 0.3) is 11.0 Å². The molecule has 0 aliphatic carbocycles. The second-order valence-corrected chi connectivity index (χ2v) is 5.51. The standard InChI is InChI=1S/C17H11BF3NO3/c18-10-3-1-9(2-4-10)16(24)22-11-5-6-12-13(17(19,20)21)8-15(23)25-14(12)7-11/h1-8H,18H2,(H,22,24). The highest BCUT2D eigenvalue weighted by molar-refractivity contribution is 6.32. The lowest BCUT2D eigenvalue weighted by Crippen LogP contribution is -2.14. The van der Waals surface area contributed by atoms with Crippen molar-refractivity contribution >= 4 is 35.9 Å². The second kappa shape index (κ2) is 6.12. The van der Waals surface area contributed by atoms with Gasteiger partial charge >= 0.3 is 11.8 Å². The molecule has 0 aliphatic rings. The maximum absolute atomic E-state index is 13.0. The fourth-order valence-corrected chi connectivity index (χ4v) is 2.38. The number of carbonyl (C=O) groups is 1. The van der Waals surface area contributed by atoms with E-state index in [4.69, 9.17) is 4.42 Å². The minimum atomic E-state index is -4.68. The Morgan fingerprint density at radius 2 is 1.72 bits per heavy atom. The number of halogens is 3. The van der Waals surface area contributed by atoms with Gasteiger partial charge in [0.05, 0.1) is 5.56 Å². The minimum Gasteiger partial charge on any atom is -0.423 e. The Morgan fingerprint density at radius 3 is 2.36 bits per heavy atom. The first kappa shape index (κ1) is 16.8. The molecular weight excluding hydrogens is 334 g/mol. The lowest BCUT2D eigenvalue weighted by Gasteiger charge is -2.10. The third-order valence-electron chi connectivity index (χ3n) is 3.62. The van der Waals surface area contributed by atoms with E-state index >= 15 is 0 Å². The van der Waals surface area contributed by atoms with E-state index in [1.54, 1.807) is 24.3 Å². The summed E-state index contributed by atoms with van der Waals surface area (Å²) in [5.41, 5.74) is -0.820. The molecule has 1 aromatic heterocycles. The lowest BCUT2D eigenvalue weighted by atomic mass is 9.95. The van der Waals surface area contributed by atoms with E-state index in [2.05, 4.69) is 5.32 Å². The predicted octanol–water partition coefficient (Wildman–Crippen LogP) is 2.32. The molecule has 2 aromatic carbocycles. The third kappa shape index (κ3) is 3.57. The van der Waals surface area contributed by atoms with Crippen molar-refractivity contribution in [2.24, 2.45) is 0 Å². The highest BCUT2D eigenvalue weighted by Gasteiger charge is 2.33. The average molecular weight is 345 g/mol. The molecule has 0 unspecified atom stereocenters. The fourth-order valence-electron chi connectivity index (χ4n) is 2.38. The van der Waals surface area contributed by atoms with Gasteiger partial charge in [-0.15, -0.1) is 0 Å². The molecule has 25 heavy (non-hydrogen) atoms. The van der Waals surface area contributed by atoms with Gasteiger partial charge in [-0.1, -0.05) is 29.7 Å². The Balaban J connectivity index is 1.97. The molecule has 1 amide bonds. The number of rotatable bonds is 2. The molecule has 0 fully saturated rings. The number of alkyl halides is 3. The molecular formula is C17H11BF3NO3. The summed E-state index contributed by atoms with van der Waals surface area (Å²) in [5.74, 6) is -0.423. The predicted molar refractivity (Wildman–Crippen MR) is 90.1 cm³/mol. The van der Waals surface area contributed by atoms with Crippen molar-refractivity contribution in [1.82, 2.24) is 0 Å². The van der Waals surface area contributed by atoms with E-state index in [1.165, 1.54) is 12.1 Å². The van der Waals surface area contributed by atoms with Crippen LogP contribution in [0.3, 0.4) is 0 Å². The first-order chi connectivity index (χ1) is 11.7. The monoisotopic (exact) mass is 345 g/mol. The first-order valence-corrected chi connectivity index (χ1v) is 7.27. The quantitative estimate of drug-likeness (QED) is 0.573. The van der Waals surface area contributed by atoms with Gasteiger partial charge in [-0.2, -0.15) is 13.2 Å². The van der Waals surface area contributed by atoms with E-state index in [-0.39, 0.29) is 16.7 Å². The first-order valence-electron chi connectivity index (χ1n) is 7.27. The molecule has 3 aromatic rings. The maximum Gasteiger partial charge on any atom is 0.417 e. The van der Waals surface area contributed by atoms with Crippen molar-refractivity contribution in [2.75, 3.05) is 5.32 Å². The molecule has 126 valence electrons. The number of carbonyl (C=O) groups excluding carboxylic acids is 1. The molecule has 1 heterocycles. The molecule has 0 bridgehead atoms. The van der Waals surface area contributed by atoms with E-state index in [0.29, 0.717) is 11.6 Å². The van der Waals surface area contributed by atoms with Gasteiger partial charge in [-0.3, -0.25) is 4.79 Å². The van der Waals surface area contributed by atoms with Crippen molar-refractivity contribution < 1.29 is 22.4 Å². The average Bonchev–Trinajstić information content (AvgIpc) is 2.53. The molecule has 1 N–H and O–H groups in total. The van der Waals surface area contributed by atoms with E-state index < -0.39 is 23.3 Å². The summed E-state index contributed by atoms with van der Waals surface area (Å²) in [6.45, 7) is 0. The number of benzene rings is 2. The number of fused-ring (bicyclic) bond motifs is 1. The van der Waals surface area contributed by atoms with Gasteiger partial charge < -0.3 is 9.73 Å². The number of hydrogen-bond acceptors (Lipinski definition) is 3. The van der Waals surface area contributed by atoms with Crippen LogP contribution in [0.1, 0.15) is 15.9 Å². The van der Waals surface area contributed by atoms with Crippen LogP contribution in [-0.2, 0) is 6.18 Å². The van der Waals surface area contributed by atoms with E-state index in [0.717, 1.165) is 11.5 Å². The van der Waals surface area contributed by atoms with Gasteiger partial charge in [0.15, 0.2) is 0 Å². The van der Waals surface area contributed by atoms with Gasteiger partial charge in [0.25, 0.3) is 5.91 Å². The van der Waals surface area contributed by atoms with Gasteiger partial charge in [0, 0.05) is 28.8 Å². The molecule has 0 saturated heterocycles. The number of amides is 1. The molecule has 0 spiro atoms. The largest absolute Gasteiger partial charge is 0.423 e. The zero-order chi connectivity index (χ0) is 18.2. The maximum atomic E-state index is 13.0. The Kier molecular flexibility index (Phi) is 4.12. The summed E-state index contributed by atoms with van der Waals surface area (Å²) in [5, 5.41) is 2.32. The zero-order valence-corrected chi connectivity index (χ0v) is 13.0. The van der Waals surface area contributed by atoms with Crippen molar-refractivity contribution in [2.45, 2.75) is 6.18 Å². The van der Waals surface area contributed by atoms with Gasteiger partial charge in [0.1, 0.15) is 13.4 Å². The van der Waals surface area contributed by atoms with Crippen molar-refractivity contribution in [3.8, 4) is 0 Å². The Bertz CT molecular complexity index is 1010. The molecule has 3 rings (SSSR count). The van der Waals surface area contributed by atoms with E-state index in [1.807, 2.05) is 7.85 Å². The van der Waals surface area contributed by atoms with Gasteiger partial charge in [-0.25, -0.2) is 4.79 Å². The summed E-state index contributed by atoms with van der Waals surface area (Å²) < 4.78 is 43.9. The van der Waals surface area contributed by atoms with Crippen LogP contribution in [0, 0.1) is 0 Å². The summed E-state index contributed by atoms with van der Waals surface area (Å²) in [7, 11) is 1.88. The van der Waals surface area contributed by atoms with Crippen LogP contribution in [-0.4, -0.2) is 13.8 Å². The minimum absolute atomic E-state index is 0.223. The van der Waals surface area contributed by atoms with Crippen molar-refractivity contribution in [3.05, 3.63) is 70.1 Å². The Hall–Kier alpha value is -3.03. The van der Waals surface area contributed by atoms with Crippen molar-refractivity contribution in [3.63, 3.8) is 0 Å². The summed E-state index contributed by atoms with van der Waals surface area (Å²) in [6, 6.07) is 10.9. The molecule has 8 heteroatoms. The normalized spacial score (nSPS) is 11.5. The summed E-state index contributed by atoms with van der Waals surface area (Å²) in [4.78, 5) is 23.6. The fraction of sp³-hybridized carbons (Fsp3) is 0.0588. The molecule has 0 radical (unpaired) electrons. The summed E-state index contributed by atoms with van der Waals surface area (Å²) >= 11 is 0. The van der Waals surface area contributed by atoms with Crippen LogP contribution < -0.4 is 16.4 Å². The highest BCUT2D eigenvalue weighted by Crippen LogP contribution is 2.34. The molecule has 4 nitrogen and oxygen atoms in total. The van der Waals surface area contributed by atoms with Crippen LogP contribution in [0.4, 0.5) is 18.9 Å². The second-order valence-electron chi connectivity index (χ2n) is 5.51. The highest BCUT2D eigenvalue weighted by atomic mass is 19.4. The number of anilines is 1. The van der Waals surface area contributed by atoms with Crippen LogP contribution in [0.2, 0.25) is 0 Å². The third-order valence-corrected chi connectivity index (χ3v) is 3.62. The SMILES string of the molecule is Bc1ccc(C(=O)Nc2ccc3c(C(F)(F)F)cc(=O)oc3c2)cc1. The summed E-state index contributed by atoms with van der Waals surface area (Å²) in [6.07, 6.45) is -4.68. The molecule has 0 aliphatic heterocycles. The van der Waals surface area contributed by atoms with Gasteiger partial charge in [0.2, 0.25) is 0 Å². The topological polar surface area (TPSA) is 59.3 Å². The molecule has 0 atom stereocenters. The van der Waals surface area contributed by atoms with Crippen molar-refractivity contribution in [1.29, 1.82) is 0 Å². The number of hydrogen-bond donors (Lipinski definition) is 1. The lowest BCUT2D eigenvalue weighted by molar-refractivity contribution is -0.136. The van der Waals surface area contributed by atoms with Crippen LogP contribution >= 0.6 is 0 Å². The van der Waals surface area contributed by atoms with Crippen LogP contribution in [0.15, 0.2) is 57.7 Å². The van der Waals surface area contributed by atoms with Crippen LogP contribution in [0.5, 0.6) is 0 Å². The smallest absolute Gasteiger partial charge is 0.417 e. The zero-order valence-electron chi connectivity index (χ0n) is 13.0. The molecule has 0 saturated carbocycles. The number of nitrogens with one attached hydrogen (secondary N) is 1. The van der Waals surface area contributed by atoms with Gasteiger partial charge in [-0.05, 0) is 12.1 Å². The Labute approximate surface area is 140 Å². The Morgan fingerprint density at radius 1 is 1.04 bits per heavy atom.